The molecule has 8 heavy (non-hydrogen) atoms. The molecule has 44 valence electrons. The highest BCUT2D eigenvalue weighted by molar-refractivity contribution is 9.10. The molecule has 0 fully saturated rings. The molecular formula is C6H8BrN. The molecule has 1 aromatic rings. The summed E-state index contributed by atoms with van der Waals surface area (Å²) in [6.07, 6.45) is 0. The number of hydrogen-bond acceptors (Lipinski definition) is 0. The molecule has 0 atom stereocenters. The molecule has 0 bridgehead atoms. The van der Waals surface area contributed by atoms with E-state index in [-0.39, 0.29) is 0 Å². The molecule has 0 aliphatic carbocycles. The van der Waals surface area contributed by atoms with E-state index in [4.69, 9.17) is 0 Å². The number of aromatic nitrogens is 1. The van der Waals surface area contributed by atoms with Gasteiger partial charge in [-0.15, -0.1) is 0 Å². The van der Waals surface area contributed by atoms with Crippen molar-refractivity contribution in [3.05, 3.63) is 21.9 Å². The summed E-state index contributed by atoms with van der Waals surface area (Å²) in [5.74, 6) is 0. The second-order valence-electron chi connectivity index (χ2n) is 1.93. The molecule has 1 rings (SSSR count). The lowest BCUT2D eigenvalue weighted by molar-refractivity contribution is 1.21. The minimum atomic E-state index is 1.06. The fraction of sp³-hybridized carbons (Fsp3) is 0.333. The quantitative estimate of drug-likeness (QED) is 0.621. The van der Waals surface area contributed by atoms with E-state index in [9.17, 15) is 0 Å². The highest BCUT2D eigenvalue weighted by Crippen LogP contribution is 2.12. The third kappa shape index (κ3) is 0.944. The van der Waals surface area contributed by atoms with Crippen LogP contribution in [0.2, 0.25) is 0 Å². The molecule has 2 heteroatoms. The summed E-state index contributed by atoms with van der Waals surface area (Å²) in [5.41, 5.74) is 2.54. The summed E-state index contributed by atoms with van der Waals surface area (Å²) >= 11 is 3.33. The van der Waals surface area contributed by atoms with Crippen molar-refractivity contribution < 1.29 is 0 Å². The number of H-pyrrole nitrogens is 1. The van der Waals surface area contributed by atoms with Crippen molar-refractivity contribution in [1.82, 2.24) is 4.98 Å². The Morgan fingerprint density at radius 1 is 1.50 bits per heavy atom. The van der Waals surface area contributed by atoms with E-state index >= 15 is 0 Å². The molecule has 0 aliphatic heterocycles. The summed E-state index contributed by atoms with van der Waals surface area (Å²) in [4.78, 5) is 3.12. The van der Waals surface area contributed by atoms with Gasteiger partial charge in [0, 0.05) is 5.69 Å². The molecule has 0 spiro atoms. The lowest BCUT2D eigenvalue weighted by Gasteiger charge is -1.81. The predicted molar refractivity (Wildman–Crippen MR) is 38.0 cm³/mol. The molecule has 0 saturated heterocycles. The largest absolute Gasteiger partial charge is 0.353 e. The minimum absolute atomic E-state index is 1.06. The summed E-state index contributed by atoms with van der Waals surface area (Å²) in [6.45, 7) is 4.14. The average Bonchev–Trinajstić information content (AvgIpc) is 1.85. The van der Waals surface area contributed by atoms with E-state index in [0.29, 0.717) is 0 Å². The van der Waals surface area contributed by atoms with Crippen LogP contribution in [0.15, 0.2) is 10.7 Å². The highest BCUT2D eigenvalue weighted by atomic mass is 79.9. The van der Waals surface area contributed by atoms with Gasteiger partial charge in [0.2, 0.25) is 0 Å². The first kappa shape index (κ1) is 5.89. The number of aromatic amines is 1. The topological polar surface area (TPSA) is 15.8 Å². The number of rotatable bonds is 0. The Bertz CT molecular complexity index is 171. The first-order valence-corrected chi connectivity index (χ1v) is 3.31. The third-order valence-corrected chi connectivity index (χ3v) is 1.67. The van der Waals surface area contributed by atoms with Gasteiger partial charge in [0.1, 0.15) is 0 Å². The lowest BCUT2D eigenvalue weighted by Crippen LogP contribution is -1.69. The Morgan fingerprint density at radius 3 is 2.25 bits per heavy atom. The fourth-order valence-corrected chi connectivity index (χ4v) is 1.25. The number of aryl methyl sites for hydroxylation is 2. The van der Waals surface area contributed by atoms with Crippen molar-refractivity contribution in [3.8, 4) is 0 Å². The molecular weight excluding hydrogens is 166 g/mol. The van der Waals surface area contributed by atoms with Crippen molar-refractivity contribution in [2.45, 2.75) is 13.8 Å². The zero-order valence-corrected chi connectivity index (χ0v) is 6.54. The smallest absolute Gasteiger partial charge is 0.0824 e. The van der Waals surface area contributed by atoms with E-state index in [1.54, 1.807) is 0 Å². The van der Waals surface area contributed by atoms with Crippen LogP contribution in [-0.2, 0) is 0 Å². The van der Waals surface area contributed by atoms with Crippen LogP contribution in [0.3, 0.4) is 0 Å². The van der Waals surface area contributed by atoms with Crippen molar-refractivity contribution >= 4 is 15.9 Å². The number of nitrogens with one attached hydrogen (secondary N) is 1. The van der Waals surface area contributed by atoms with Crippen molar-refractivity contribution in [2.75, 3.05) is 0 Å². The van der Waals surface area contributed by atoms with Crippen LogP contribution in [0.5, 0.6) is 0 Å². The van der Waals surface area contributed by atoms with Gasteiger partial charge in [-0.3, -0.25) is 0 Å². The molecule has 1 nitrogen and oxygen atoms in total. The molecule has 0 saturated carbocycles. The monoisotopic (exact) mass is 173 g/mol. The van der Waals surface area contributed by atoms with Crippen molar-refractivity contribution in [3.63, 3.8) is 0 Å². The highest BCUT2D eigenvalue weighted by Gasteiger charge is 1.93. The SMILES string of the molecule is Cc1cc(Br)[nH]c1C. The van der Waals surface area contributed by atoms with Gasteiger partial charge in [0.25, 0.3) is 0 Å². The van der Waals surface area contributed by atoms with E-state index in [0.717, 1.165) is 4.60 Å². The van der Waals surface area contributed by atoms with Crippen LogP contribution in [-0.4, -0.2) is 4.98 Å². The second kappa shape index (κ2) is 1.94. The van der Waals surface area contributed by atoms with Crippen LogP contribution >= 0.6 is 15.9 Å². The molecule has 0 unspecified atom stereocenters. The second-order valence-corrected chi connectivity index (χ2v) is 2.78. The van der Waals surface area contributed by atoms with Gasteiger partial charge in [-0.1, -0.05) is 0 Å². The first-order chi connectivity index (χ1) is 3.70. The Labute approximate surface area is 57.2 Å². The van der Waals surface area contributed by atoms with E-state index < -0.39 is 0 Å². The molecule has 0 radical (unpaired) electrons. The molecule has 0 aromatic carbocycles. The van der Waals surface area contributed by atoms with Gasteiger partial charge >= 0.3 is 0 Å². The fourth-order valence-electron chi connectivity index (χ4n) is 0.612. The van der Waals surface area contributed by atoms with Gasteiger partial charge in [0.15, 0.2) is 0 Å². The van der Waals surface area contributed by atoms with Crippen LogP contribution in [0, 0.1) is 13.8 Å². The van der Waals surface area contributed by atoms with Crippen LogP contribution < -0.4 is 0 Å². The van der Waals surface area contributed by atoms with E-state index in [1.807, 2.05) is 0 Å². The third-order valence-electron chi connectivity index (χ3n) is 1.24. The molecule has 0 amide bonds. The van der Waals surface area contributed by atoms with Crippen LogP contribution in [0.25, 0.3) is 0 Å². The molecule has 1 aromatic heterocycles. The minimum Gasteiger partial charge on any atom is -0.353 e. The zero-order valence-electron chi connectivity index (χ0n) is 4.96. The summed E-state index contributed by atoms with van der Waals surface area (Å²) < 4.78 is 1.06. The summed E-state index contributed by atoms with van der Waals surface area (Å²) in [6, 6.07) is 2.06. The maximum Gasteiger partial charge on any atom is 0.0824 e. The number of hydrogen-bond donors (Lipinski definition) is 1. The Hall–Kier alpha value is -0.240. The molecule has 1 N–H and O–H groups in total. The van der Waals surface area contributed by atoms with Gasteiger partial charge in [-0.25, -0.2) is 0 Å². The van der Waals surface area contributed by atoms with Gasteiger partial charge < -0.3 is 4.98 Å². The Kier molecular flexibility index (Phi) is 1.43. The lowest BCUT2D eigenvalue weighted by atomic mass is 10.3. The standard InChI is InChI=1S/C6H8BrN/c1-4-3-6(7)8-5(4)2/h3,8H,1-2H3. The zero-order chi connectivity index (χ0) is 6.15. The summed E-state index contributed by atoms with van der Waals surface area (Å²) in [5, 5.41) is 0. The van der Waals surface area contributed by atoms with Gasteiger partial charge in [-0.05, 0) is 41.4 Å². The average molecular weight is 174 g/mol. The van der Waals surface area contributed by atoms with E-state index in [1.165, 1.54) is 11.3 Å². The van der Waals surface area contributed by atoms with Crippen molar-refractivity contribution in [1.29, 1.82) is 0 Å². The number of halogens is 1. The Morgan fingerprint density at radius 2 is 2.12 bits per heavy atom. The van der Waals surface area contributed by atoms with Crippen LogP contribution in [0.1, 0.15) is 11.3 Å². The Balaban J connectivity index is 3.14. The van der Waals surface area contributed by atoms with Gasteiger partial charge in [0.05, 0.1) is 4.60 Å². The molecule has 0 aliphatic rings. The molecule has 1 heterocycles. The maximum absolute atomic E-state index is 3.33. The predicted octanol–water partition coefficient (Wildman–Crippen LogP) is 2.39. The maximum atomic E-state index is 3.33. The first-order valence-electron chi connectivity index (χ1n) is 2.52. The van der Waals surface area contributed by atoms with E-state index in [2.05, 4.69) is 40.8 Å². The van der Waals surface area contributed by atoms with Gasteiger partial charge in [-0.2, -0.15) is 0 Å². The van der Waals surface area contributed by atoms with Crippen molar-refractivity contribution in [2.24, 2.45) is 0 Å². The normalized spacial score (nSPS) is 9.88. The summed E-state index contributed by atoms with van der Waals surface area (Å²) in [7, 11) is 0. The van der Waals surface area contributed by atoms with Crippen LogP contribution in [0.4, 0.5) is 0 Å².